The van der Waals surface area contributed by atoms with Crippen LogP contribution in [0.1, 0.15) is 27.7 Å². The minimum absolute atomic E-state index is 0.111. The molecule has 0 aliphatic rings. The highest BCUT2D eigenvalue weighted by Crippen LogP contribution is 2.09. The van der Waals surface area contributed by atoms with E-state index in [1.54, 1.807) is 27.7 Å². The van der Waals surface area contributed by atoms with Gasteiger partial charge in [0.25, 0.3) is 0 Å². The first-order valence-corrected chi connectivity index (χ1v) is 4.57. The van der Waals surface area contributed by atoms with Gasteiger partial charge >= 0.3 is 6.09 Å². The van der Waals surface area contributed by atoms with E-state index >= 15 is 0 Å². The molecule has 0 aromatic rings. The molecule has 0 saturated carbocycles. The Labute approximate surface area is 85.1 Å². The van der Waals surface area contributed by atoms with E-state index in [0.29, 0.717) is 0 Å². The van der Waals surface area contributed by atoms with Gasteiger partial charge in [-0.25, -0.2) is 4.79 Å². The minimum Gasteiger partial charge on any atom is -0.442 e. The van der Waals surface area contributed by atoms with Crippen LogP contribution in [0.5, 0.6) is 0 Å². The van der Waals surface area contributed by atoms with Crippen molar-refractivity contribution in [3.05, 3.63) is 0 Å². The number of amides is 1. The van der Waals surface area contributed by atoms with Gasteiger partial charge in [0.15, 0.2) is 0 Å². The van der Waals surface area contributed by atoms with E-state index < -0.39 is 11.7 Å². The van der Waals surface area contributed by atoms with Gasteiger partial charge in [-0.05, 0) is 27.7 Å². The molecule has 1 atom stereocenters. The number of carbonyl (C=O) groups excluding carboxylic acids is 1. The molecule has 0 aliphatic heterocycles. The molecule has 1 unspecified atom stereocenters. The Kier molecular flexibility index (Phi) is 4.87. The molecule has 84 valence electrons. The molecule has 0 spiro atoms. The first-order chi connectivity index (χ1) is 6.22. The van der Waals surface area contributed by atoms with Crippen molar-refractivity contribution in [1.29, 1.82) is 0 Å². The normalized spacial score (nSPS) is 13.6. The topological polar surface area (TPSA) is 64.8 Å². The van der Waals surface area contributed by atoms with Crippen molar-refractivity contribution in [3.8, 4) is 0 Å². The van der Waals surface area contributed by atoms with E-state index in [9.17, 15) is 4.79 Å². The molecule has 0 saturated heterocycles. The van der Waals surface area contributed by atoms with Crippen LogP contribution in [0.2, 0.25) is 0 Å². The molecule has 0 aromatic heterocycles. The predicted molar refractivity (Wildman–Crippen MR) is 53.6 cm³/mol. The number of rotatable bonds is 3. The van der Waals surface area contributed by atoms with Gasteiger partial charge in [-0.1, -0.05) is 0 Å². The van der Waals surface area contributed by atoms with Gasteiger partial charge < -0.3 is 10.5 Å². The molecule has 0 aliphatic carbocycles. The molecule has 1 amide bonds. The Morgan fingerprint density at radius 1 is 1.50 bits per heavy atom. The summed E-state index contributed by atoms with van der Waals surface area (Å²) in [6.07, 6.45) is -0.516. The standard InChI is InChI=1S/C9H20N2O3/c1-7(10)6-13-11(5)8(12)14-9(2,3)4/h7H,6,10H2,1-5H3. The number of hydrogen-bond acceptors (Lipinski definition) is 4. The summed E-state index contributed by atoms with van der Waals surface area (Å²) in [6, 6.07) is -0.111. The monoisotopic (exact) mass is 204 g/mol. The molecule has 14 heavy (non-hydrogen) atoms. The fraction of sp³-hybridized carbons (Fsp3) is 0.889. The summed E-state index contributed by atoms with van der Waals surface area (Å²) >= 11 is 0. The number of hydrogen-bond donors (Lipinski definition) is 1. The summed E-state index contributed by atoms with van der Waals surface area (Å²) < 4.78 is 5.05. The molecular weight excluding hydrogens is 184 g/mol. The van der Waals surface area contributed by atoms with Crippen molar-refractivity contribution in [1.82, 2.24) is 5.06 Å². The average molecular weight is 204 g/mol. The maximum absolute atomic E-state index is 11.3. The molecule has 0 radical (unpaired) electrons. The first kappa shape index (κ1) is 13.2. The Morgan fingerprint density at radius 2 is 2.00 bits per heavy atom. The smallest absolute Gasteiger partial charge is 0.434 e. The van der Waals surface area contributed by atoms with E-state index in [-0.39, 0.29) is 12.6 Å². The second-order valence-corrected chi connectivity index (χ2v) is 4.25. The van der Waals surface area contributed by atoms with Crippen LogP contribution in [-0.2, 0) is 9.57 Å². The van der Waals surface area contributed by atoms with Crippen LogP contribution in [0, 0.1) is 0 Å². The molecule has 0 aromatic carbocycles. The predicted octanol–water partition coefficient (Wildman–Crippen LogP) is 1.13. The van der Waals surface area contributed by atoms with Gasteiger partial charge in [0.05, 0.1) is 6.61 Å². The van der Waals surface area contributed by atoms with Crippen LogP contribution in [0.4, 0.5) is 4.79 Å². The highest BCUT2D eigenvalue weighted by atomic mass is 16.7. The molecule has 0 heterocycles. The lowest BCUT2D eigenvalue weighted by molar-refractivity contribution is -0.133. The van der Waals surface area contributed by atoms with Crippen LogP contribution < -0.4 is 5.73 Å². The summed E-state index contributed by atoms with van der Waals surface area (Å²) in [5.74, 6) is 0. The van der Waals surface area contributed by atoms with Crippen molar-refractivity contribution >= 4 is 6.09 Å². The zero-order chi connectivity index (χ0) is 11.4. The average Bonchev–Trinajstić information content (AvgIpc) is 1.96. The van der Waals surface area contributed by atoms with E-state index in [4.69, 9.17) is 15.3 Å². The zero-order valence-electron chi connectivity index (χ0n) is 9.53. The van der Waals surface area contributed by atoms with Crippen molar-refractivity contribution in [2.45, 2.75) is 39.3 Å². The van der Waals surface area contributed by atoms with Crippen LogP contribution in [0.3, 0.4) is 0 Å². The zero-order valence-corrected chi connectivity index (χ0v) is 9.53. The molecule has 0 fully saturated rings. The SMILES string of the molecule is CC(N)CON(C)C(=O)OC(C)(C)C. The van der Waals surface area contributed by atoms with Crippen molar-refractivity contribution in [2.75, 3.05) is 13.7 Å². The van der Waals surface area contributed by atoms with Crippen molar-refractivity contribution < 1.29 is 14.4 Å². The Morgan fingerprint density at radius 3 is 2.36 bits per heavy atom. The van der Waals surface area contributed by atoms with Gasteiger partial charge in [0.1, 0.15) is 5.60 Å². The first-order valence-electron chi connectivity index (χ1n) is 4.57. The second kappa shape index (κ2) is 5.17. The summed E-state index contributed by atoms with van der Waals surface area (Å²) in [5, 5.41) is 1.05. The van der Waals surface area contributed by atoms with E-state index in [1.807, 2.05) is 0 Å². The lowest BCUT2D eigenvalue weighted by atomic mass is 10.2. The highest BCUT2D eigenvalue weighted by molar-refractivity contribution is 5.66. The van der Waals surface area contributed by atoms with E-state index in [0.717, 1.165) is 5.06 Å². The minimum atomic E-state index is -0.516. The van der Waals surface area contributed by atoms with Crippen LogP contribution >= 0.6 is 0 Å². The van der Waals surface area contributed by atoms with E-state index in [2.05, 4.69) is 0 Å². The molecular formula is C9H20N2O3. The third-order valence-corrected chi connectivity index (χ3v) is 1.18. The molecule has 2 N–H and O–H groups in total. The van der Waals surface area contributed by atoms with E-state index in [1.165, 1.54) is 7.05 Å². The van der Waals surface area contributed by atoms with Gasteiger partial charge in [-0.3, -0.25) is 4.84 Å². The van der Waals surface area contributed by atoms with Crippen LogP contribution in [-0.4, -0.2) is 36.5 Å². The highest BCUT2D eigenvalue weighted by Gasteiger charge is 2.20. The van der Waals surface area contributed by atoms with Gasteiger partial charge in [-0.2, -0.15) is 5.06 Å². The molecule has 5 heteroatoms. The number of nitrogens with zero attached hydrogens (tertiary/aromatic N) is 1. The summed E-state index contributed by atoms with van der Waals surface area (Å²) in [5.41, 5.74) is 4.95. The third kappa shape index (κ3) is 6.68. The summed E-state index contributed by atoms with van der Waals surface area (Å²) in [4.78, 5) is 16.4. The molecule has 5 nitrogen and oxygen atoms in total. The molecule has 0 bridgehead atoms. The van der Waals surface area contributed by atoms with Gasteiger partial charge in [-0.15, -0.1) is 0 Å². The maximum atomic E-state index is 11.3. The lowest BCUT2D eigenvalue weighted by Crippen LogP contribution is -2.36. The Balaban J connectivity index is 3.88. The fourth-order valence-electron chi connectivity index (χ4n) is 0.608. The number of nitrogens with two attached hydrogens (primary N) is 1. The molecule has 0 rings (SSSR count). The lowest BCUT2D eigenvalue weighted by Gasteiger charge is -2.24. The quantitative estimate of drug-likeness (QED) is 0.700. The number of ether oxygens (including phenoxy) is 1. The van der Waals surface area contributed by atoms with Crippen molar-refractivity contribution in [3.63, 3.8) is 0 Å². The number of carbonyl (C=O) groups is 1. The summed E-state index contributed by atoms with van der Waals surface area (Å²) in [7, 11) is 1.50. The Hall–Kier alpha value is -0.810. The fourth-order valence-corrected chi connectivity index (χ4v) is 0.608. The van der Waals surface area contributed by atoms with Crippen LogP contribution in [0.25, 0.3) is 0 Å². The van der Waals surface area contributed by atoms with Crippen LogP contribution in [0.15, 0.2) is 0 Å². The summed E-state index contributed by atoms with van der Waals surface area (Å²) in [6.45, 7) is 7.47. The number of hydroxylamine groups is 2. The van der Waals surface area contributed by atoms with Gasteiger partial charge in [0.2, 0.25) is 0 Å². The van der Waals surface area contributed by atoms with Gasteiger partial charge in [0, 0.05) is 13.1 Å². The second-order valence-electron chi connectivity index (χ2n) is 4.25. The third-order valence-electron chi connectivity index (χ3n) is 1.18. The Bertz CT molecular complexity index is 187. The van der Waals surface area contributed by atoms with Crippen molar-refractivity contribution in [2.24, 2.45) is 5.73 Å². The largest absolute Gasteiger partial charge is 0.442 e. The maximum Gasteiger partial charge on any atom is 0.434 e.